The van der Waals surface area contributed by atoms with Crippen LogP contribution in [0.2, 0.25) is 0 Å². The second kappa shape index (κ2) is 7.34. The molecule has 17 heavy (non-hydrogen) atoms. The first-order valence-electron chi connectivity index (χ1n) is 6.66. The number of sulfone groups is 1. The lowest BCUT2D eigenvalue weighted by molar-refractivity contribution is 0.270. The van der Waals surface area contributed by atoms with E-state index in [1.807, 2.05) is 6.92 Å². The average molecular weight is 263 g/mol. The van der Waals surface area contributed by atoms with Crippen molar-refractivity contribution in [3.05, 3.63) is 0 Å². The Morgan fingerprint density at radius 2 is 1.94 bits per heavy atom. The SMILES string of the molecule is CCNC(CCO)CS(=O)(=O)C1CCCCC1. The molecule has 0 bridgehead atoms. The van der Waals surface area contributed by atoms with Crippen molar-refractivity contribution < 1.29 is 13.5 Å². The summed E-state index contributed by atoms with van der Waals surface area (Å²) in [6.45, 7) is 2.74. The highest BCUT2D eigenvalue weighted by molar-refractivity contribution is 7.92. The Hall–Kier alpha value is -0.130. The van der Waals surface area contributed by atoms with Gasteiger partial charge in [-0.05, 0) is 25.8 Å². The minimum Gasteiger partial charge on any atom is -0.396 e. The normalized spacial score (nSPS) is 20.4. The second-order valence-electron chi connectivity index (χ2n) is 4.86. The van der Waals surface area contributed by atoms with E-state index in [0.717, 1.165) is 32.2 Å². The van der Waals surface area contributed by atoms with Crippen LogP contribution < -0.4 is 5.32 Å². The van der Waals surface area contributed by atoms with Gasteiger partial charge >= 0.3 is 0 Å². The Bertz CT molecular complexity index is 291. The monoisotopic (exact) mass is 263 g/mol. The molecule has 1 unspecified atom stereocenters. The topological polar surface area (TPSA) is 66.4 Å². The fourth-order valence-corrected chi connectivity index (χ4v) is 4.70. The predicted octanol–water partition coefficient (Wildman–Crippen LogP) is 1.09. The van der Waals surface area contributed by atoms with Crippen molar-refractivity contribution in [3.63, 3.8) is 0 Å². The molecule has 1 rings (SSSR count). The van der Waals surface area contributed by atoms with Gasteiger partial charge in [-0.15, -0.1) is 0 Å². The largest absolute Gasteiger partial charge is 0.396 e. The maximum Gasteiger partial charge on any atom is 0.154 e. The lowest BCUT2D eigenvalue weighted by Crippen LogP contribution is -2.40. The molecule has 0 amide bonds. The molecule has 102 valence electrons. The second-order valence-corrected chi connectivity index (χ2v) is 7.18. The Kier molecular flexibility index (Phi) is 6.44. The molecule has 0 aromatic rings. The van der Waals surface area contributed by atoms with Gasteiger partial charge in [-0.1, -0.05) is 26.2 Å². The standard InChI is InChI=1S/C12H25NO3S/c1-2-13-11(8-9-14)10-17(15,16)12-6-4-3-5-7-12/h11-14H,2-10H2,1H3. The first kappa shape index (κ1) is 14.9. The van der Waals surface area contributed by atoms with Gasteiger partial charge in [-0.3, -0.25) is 0 Å². The third-order valence-electron chi connectivity index (χ3n) is 3.46. The quantitative estimate of drug-likeness (QED) is 0.722. The molecule has 1 aliphatic carbocycles. The van der Waals surface area contributed by atoms with E-state index in [2.05, 4.69) is 5.32 Å². The Morgan fingerprint density at radius 3 is 2.47 bits per heavy atom. The van der Waals surface area contributed by atoms with Gasteiger partial charge in [0.25, 0.3) is 0 Å². The molecule has 1 atom stereocenters. The summed E-state index contributed by atoms with van der Waals surface area (Å²) in [5.41, 5.74) is 0. The number of rotatable bonds is 7. The maximum atomic E-state index is 12.2. The Labute approximate surface area is 105 Å². The molecule has 0 saturated heterocycles. The van der Waals surface area contributed by atoms with E-state index in [9.17, 15) is 8.42 Å². The van der Waals surface area contributed by atoms with Gasteiger partial charge in [0, 0.05) is 12.6 Å². The molecule has 0 spiro atoms. The van der Waals surface area contributed by atoms with Crippen molar-refractivity contribution in [1.82, 2.24) is 5.32 Å². The average Bonchev–Trinajstić information content (AvgIpc) is 2.30. The van der Waals surface area contributed by atoms with Crippen LogP contribution in [0.5, 0.6) is 0 Å². The van der Waals surface area contributed by atoms with Crippen molar-refractivity contribution in [2.75, 3.05) is 18.9 Å². The first-order valence-corrected chi connectivity index (χ1v) is 8.37. The first-order chi connectivity index (χ1) is 8.10. The van der Waals surface area contributed by atoms with Crippen LogP contribution in [0.15, 0.2) is 0 Å². The summed E-state index contributed by atoms with van der Waals surface area (Å²) >= 11 is 0. The summed E-state index contributed by atoms with van der Waals surface area (Å²) in [5.74, 6) is 0.173. The summed E-state index contributed by atoms with van der Waals surface area (Å²) in [6.07, 6.45) is 5.39. The van der Waals surface area contributed by atoms with Crippen molar-refractivity contribution >= 4 is 9.84 Å². The number of nitrogens with one attached hydrogen (secondary N) is 1. The summed E-state index contributed by atoms with van der Waals surface area (Å²) < 4.78 is 24.4. The van der Waals surface area contributed by atoms with E-state index in [-0.39, 0.29) is 23.7 Å². The maximum absolute atomic E-state index is 12.2. The summed E-state index contributed by atoms with van der Waals surface area (Å²) in [5, 5.41) is 11.9. The zero-order chi connectivity index (χ0) is 12.7. The van der Waals surface area contributed by atoms with Crippen molar-refractivity contribution in [2.45, 2.75) is 56.7 Å². The van der Waals surface area contributed by atoms with Crippen LogP contribution in [0.1, 0.15) is 45.4 Å². The predicted molar refractivity (Wildman–Crippen MR) is 69.8 cm³/mol. The van der Waals surface area contributed by atoms with E-state index in [1.165, 1.54) is 6.42 Å². The van der Waals surface area contributed by atoms with Gasteiger partial charge in [0.2, 0.25) is 0 Å². The highest BCUT2D eigenvalue weighted by atomic mass is 32.2. The lowest BCUT2D eigenvalue weighted by Gasteiger charge is -2.24. The van der Waals surface area contributed by atoms with Gasteiger partial charge < -0.3 is 10.4 Å². The van der Waals surface area contributed by atoms with Crippen LogP contribution in [-0.2, 0) is 9.84 Å². The zero-order valence-corrected chi connectivity index (χ0v) is 11.5. The highest BCUT2D eigenvalue weighted by Crippen LogP contribution is 2.24. The van der Waals surface area contributed by atoms with E-state index in [0.29, 0.717) is 6.42 Å². The summed E-state index contributed by atoms with van der Waals surface area (Å²) in [4.78, 5) is 0. The van der Waals surface area contributed by atoms with Crippen LogP contribution >= 0.6 is 0 Å². The lowest BCUT2D eigenvalue weighted by atomic mass is 10.0. The minimum atomic E-state index is -3.00. The Balaban J connectivity index is 2.55. The molecule has 2 N–H and O–H groups in total. The van der Waals surface area contributed by atoms with Gasteiger partial charge in [0.05, 0.1) is 11.0 Å². The van der Waals surface area contributed by atoms with E-state index in [1.54, 1.807) is 0 Å². The molecule has 4 nitrogen and oxygen atoms in total. The van der Waals surface area contributed by atoms with Crippen LogP contribution in [0.4, 0.5) is 0 Å². The molecule has 0 heterocycles. The number of hydrogen-bond donors (Lipinski definition) is 2. The number of hydrogen-bond acceptors (Lipinski definition) is 4. The van der Waals surface area contributed by atoms with Crippen molar-refractivity contribution in [2.24, 2.45) is 0 Å². The molecule has 0 radical (unpaired) electrons. The van der Waals surface area contributed by atoms with Gasteiger partial charge in [-0.2, -0.15) is 0 Å². The molecule has 1 fully saturated rings. The molecular weight excluding hydrogens is 238 g/mol. The van der Waals surface area contributed by atoms with Crippen LogP contribution in [-0.4, -0.2) is 43.7 Å². The Morgan fingerprint density at radius 1 is 1.29 bits per heavy atom. The molecular formula is C12H25NO3S. The third-order valence-corrected chi connectivity index (χ3v) is 5.82. The fraction of sp³-hybridized carbons (Fsp3) is 1.00. The van der Waals surface area contributed by atoms with Crippen molar-refractivity contribution in [3.8, 4) is 0 Å². The van der Waals surface area contributed by atoms with Crippen LogP contribution in [0.3, 0.4) is 0 Å². The van der Waals surface area contributed by atoms with E-state index < -0.39 is 9.84 Å². The zero-order valence-electron chi connectivity index (χ0n) is 10.7. The fourth-order valence-electron chi connectivity index (χ4n) is 2.53. The van der Waals surface area contributed by atoms with Gasteiger partial charge in [-0.25, -0.2) is 8.42 Å². The smallest absolute Gasteiger partial charge is 0.154 e. The van der Waals surface area contributed by atoms with Gasteiger partial charge in [0.15, 0.2) is 9.84 Å². The van der Waals surface area contributed by atoms with Crippen LogP contribution in [0, 0.1) is 0 Å². The highest BCUT2D eigenvalue weighted by Gasteiger charge is 2.29. The minimum absolute atomic E-state index is 0.0395. The molecule has 0 aliphatic heterocycles. The van der Waals surface area contributed by atoms with E-state index in [4.69, 9.17) is 5.11 Å². The third kappa shape index (κ3) is 4.94. The molecule has 0 aromatic heterocycles. The van der Waals surface area contributed by atoms with Crippen molar-refractivity contribution in [1.29, 1.82) is 0 Å². The summed E-state index contributed by atoms with van der Waals surface area (Å²) in [7, 11) is -3.00. The molecule has 5 heteroatoms. The molecule has 1 aliphatic rings. The molecule has 0 aromatic carbocycles. The van der Waals surface area contributed by atoms with E-state index >= 15 is 0 Å². The number of aliphatic hydroxyl groups excluding tert-OH is 1. The van der Waals surface area contributed by atoms with Gasteiger partial charge in [0.1, 0.15) is 0 Å². The summed E-state index contributed by atoms with van der Waals surface area (Å²) in [6, 6.07) is -0.100. The molecule has 1 saturated carbocycles. The number of aliphatic hydroxyl groups is 1. The van der Waals surface area contributed by atoms with Crippen LogP contribution in [0.25, 0.3) is 0 Å².